The Morgan fingerprint density at radius 3 is 2.54 bits per heavy atom. The number of halogens is 6. The van der Waals surface area contributed by atoms with E-state index in [9.17, 15) is 32.4 Å². The van der Waals surface area contributed by atoms with Crippen LogP contribution in [0.1, 0.15) is 27.0 Å². The van der Waals surface area contributed by atoms with Crippen molar-refractivity contribution >= 4 is 57.8 Å². The van der Waals surface area contributed by atoms with Crippen molar-refractivity contribution in [1.29, 1.82) is 5.26 Å². The Morgan fingerprint density at radius 2 is 1.90 bits per heavy atom. The number of carbonyl (C=O) groups is 1. The number of H-pyrrole nitrogens is 1. The number of nitriles is 1. The molecule has 1 aromatic heterocycles. The quantitative estimate of drug-likeness (QED) is 0.0704. The largest absolute Gasteiger partial charge is 0.497 e. The maximum Gasteiger partial charge on any atom is 0.416 e. The second-order valence-corrected chi connectivity index (χ2v) is 10.6. The number of rotatable bonds is 7. The number of ether oxygens (including phenoxy) is 1. The zero-order valence-corrected chi connectivity index (χ0v) is 24.5. The van der Waals surface area contributed by atoms with E-state index in [1.54, 1.807) is 59.3 Å². The fourth-order valence-electron chi connectivity index (χ4n) is 3.61. The lowest BCUT2D eigenvalue weighted by Crippen LogP contribution is -2.22. The van der Waals surface area contributed by atoms with Crippen molar-refractivity contribution < 1.29 is 27.1 Å². The molecule has 0 fully saturated rings. The zero-order chi connectivity index (χ0) is 29.9. The summed E-state index contributed by atoms with van der Waals surface area (Å²) in [5.41, 5.74) is -1.04. The molecular formula is C27H16ClF4IN4O3S. The number of aromatic nitrogens is 2. The highest BCUT2D eigenvalue weighted by atomic mass is 127. The lowest BCUT2D eigenvalue weighted by molar-refractivity contribution is -0.137. The SMILES string of the molecule is COc1cccc(-c2nc(SCc3ccc(N(I)C(=O)c4cc(C(F)(F)F)cc(Cl)c4F)cc3)[nH]c(=O)c2C#N)c1. The molecule has 41 heavy (non-hydrogen) atoms. The summed E-state index contributed by atoms with van der Waals surface area (Å²) in [6, 6.07) is 15.9. The van der Waals surface area contributed by atoms with E-state index in [0.29, 0.717) is 29.2 Å². The number of amides is 1. The summed E-state index contributed by atoms with van der Waals surface area (Å²) in [6.45, 7) is 0. The first-order chi connectivity index (χ1) is 19.4. The minimum atomic E-state index is -4.81. The third-order valence-corrected chi connectivity index (χ3v) is 7.87. The normalized spacial score (nSPS) is 11.2. The number of nitrogens with one attached hydrogen (secondary N) is 1. The van der Waals surface area contributed by atoms with Gasteiger partial charge in [0.15, 0.2) is 11.0 Å². The van der Waals surface area contributed by atoms with E-state index in [-0.39, 0.29) is 22.1 Å². The van der Waals surface area contributed by atoms with Crippen molar-refractivity contribution in [1.82, 2.24) is 9.97 Å². The van der Waals surface area contributed by atoms with Crippen molar-refractivity contribution in [2.45, 2.75) is 17.1 Å². The molecule has 7 nitrogen and oxygen atoms in total. The molecule has 3 aromatic carbocycles. The molecule has 0 saturated carbocycles. The average molecular weight is 715 g/mol. The third-order valence-electron chi connectivity index (χ3n) is 5.66. The maximum atomic E-state index is 14.5. The Bertz CT molecular complexity index is 1730. The Kier molecular flexibility index (Phi) is 9.25. The van der Waals surface area contributed by atoms with Gasteiger partial charge >= 0.3 is 6.18 Å². The first kappa shape index (κ1) is 30.4. The summed E-state index contributed by atoms with van der Waals surface area (Å²) in [4.78, 5) is 32.4. The molecule has 4 aromatic rings. The Labute approximate surface area is 253 Å². The fourth-order valence-corrected chi connectivity index (χ4v) is 5.23. The van der Waals surface area contributed by atoms with E-state index in [2.05, 4.69) is 9.97 Å². The summed E-state index contributed by atoms with van der Waals surface area (Å²) < 4.78 is 60.1. The molecule has 0 aliphatic heterocycles. The topological polar surface area (TPSA) is 99.1 Å². The number of alkyl halides is 3. The van der Waals surface area contributed by atoms with Crippen molar-refractivity contribution in [2.75, 3.05) is 10.2 Å². The highest BCUT2D eigenvalue weighted by Crippen LogP contribution is 2.35. The van der Waals surface area contributed by atoms with E-state index in [1.807, 2.05) is 6.07 Å². The second kappa shape index (κ2) is 12.5. The number of carbonyl (C=O) groups excluding carboxylic acids is 1. The molecule has 1 N–H and O–H groups in total. The Hall–Kier alpha value is -3.61. The molecule has 0 spiro atoms. The Balaban J connectivity index is 1.52. The van der Waals surface area contributed by atoms with Crippen LogP contribution in [0, 0.1) is 17.1 Å². The Morgan fingerprint density at radius 1 is 1.20 bits per heavy atom. The van der Waals surface area contributed by atoms with Gasteiger partial charge in [-0.1, -0.05) is 47.6 Å². The number of methoxy groups -OCH3 is 1. The maximum absolute atomic E-state index is 14.5. The van der Waals surface area contributed by atoms with Crippen LogP contribution in [0.4, 0.5) is 23.2 Å². The van der Waals surface area contributed by atoms with Crippen LogP contribution in [-0.4, -0.2) is 23.0 Å². The minimum Gasteiger partial charge on any atom is -0.497 e. The van der Waals surface area contributed by atoms with Crippen LogP contribution in [-0.2, 0) is 11.9 Å². The molecule has 14 heteroatoms. The van der Waals surface area contributed by atoms with Crippen LogP contribution in [0.5, 0.6) is 5.75 Å². The van der Waals surface area contributed by atoms with Gasteiger partial charge in [0.05, 0.1) is 57.5 Å². The number of thioether (sulfide) groups is 1. The third kappa shape index (κ3) is 6.83. The van der Waals surface area contributed by atoms with E-state index >= 15 is 0 Å². The van der Waals surface area contributed by atoms with Crippen molar-refractivity contribution in [3.8, 4) is 23.1 Å². The smallest absolute Gasteiger partial charge is 0.416 e. The number of anilines is 1. The van der Waals surface area contributed by atoms with E-state index in [1.165, 1.54) is 31.0 Å². The number of aromatic amines is 1. The van der Waals surface area contributed by atoms with Crippen LogP contribution in [0.15, 0.2) is 70.6 Å². The van der Waals surface area contributed by atoms with Gasteiger partial charge in [-0.2, -0.15) is 18.4 Å². The van der Waals surface area contributed by atoms with Crippen LogP contribution in [0.25, 0.3) is 11.3 Å². The molecular weight excluding hydrogens is 699 g/mol. The first-order valence-corrected chi connectivity index (χ1v) is 13.7. The molecule has 0 aliphatic carbocycles. The molecule has 210 valence electrons. The number of hydrogen-bond donors (Lipinski definition) is 1. The second-order valence-electron chi connectivity index (χ2n) is 8.30. The van der Waals surface area contributed by atoms with Gasteiger partial charge in [0.25, 0.3) is 11.5 Å². The summed E-state index contributed by atoms with van der Waals surface area (Å²) in [7, 11) is 1.49. The van der Waals surface area contributed by atoms with E-state index in [0.717, 1.165) is 8.68 Å². The summed E-state index contributed by atoms with van der Waals surface area (Å²) in [5.74, 6) is -1.41. The van der Waals surface area contributed by atoms with Crippen LogP contribution >= 0.6 is 46.2 Å². The zero-order valence-electron chi connectivity index (χ0n) is 20.7. The number of hydrogen-bond acceptors (Lipinski definition) is 6. The standard InChI is InChI=1S/C27H16ClF4IN4O3S/c1-40-18-4-2-3-15(9-18)23-20(12-34)24(38)36-26(35-23)41-13-14-5-7-17(8-6-14)37(33)25(39)19-10-16(27(30,31)32)11-21(28)22(19)29/h2-11H,13H2,1H3,(H,35,36,38). The first-order valence-electron chi connectivity index (χ1n) is 11.4. The summed E-state index contributed by atoms with van der Waals surface area (Å²) in [6.07, 6.45) is -4.81. The average Bonchev–Trinajstić information content (AvgIpc) is 2.96. The van der Waals surface area contributed by atoms with Crippen LogP contribution in [0.2, 0.25) is 5.02 Å². The number of benzene rings is 3. The van der Waals surface area contributed by atoms with Gasteiger partial charge < -0.3 is 9.72 Å². The molecule has 1 amide bonds. The fraction of sp³-hybridized carbons (Fsp3) is 0.111. The highest BCUT2D eigenvalue weighted by molar-refractivity contribution is 14.1. The van der Waals surface area contributed by atoms with Gasteiger partial charge in [0, 0.05) is 11.3 Å². The molecule has 4 rings (SSSR count). The van der Waals surface area contributed by atoms with Crippen molar-refractivity contribution in [2.24, 2.45) is 0 Å². The van der Waals surface area contributed by atoms with E-state index in [4.69, 9.17) is 16.3 Å². The minimum absolute atomic E-state index is 0.141. The van der Waals surface area contributed by atoms with Gasteiger partial charge in [-0.3, -0.25) is 9.59 Å². The van der Waals surface area contributed by atoms with Gasteiger partial charge in [-0.25, -0.2) is 12.5 Å². The monoisotopic (exact) mass is 714 g/mol. The van der Waals surface area contributed by atoms with Crippen molar-refractivity contribution in [3.63, 3.8) is 0 Å². The predicted octanol–water partition coefficient (Wildman–Crippen LogP) is 7.42. The predicted molar refractivity (Wildman–Crippen MR) is 155 cm³/mol. The van der Waals surface area contributed by atoms with Crippen molar-refractivity contribution in [3.05, 3.63) is 104 Å². The molecule has 0 radical (unpaired) electrons. The lowest BCUT2D eigenvalue weighted by Gasteiger charge is -2.17. The highest BCUT2D eigenvalue weighted by Gasteiger charge is 2.34. The summed E-state index contributed by atoms with van der Waals surface area (Å²) >= 11 is 8.37. The van der Waals surface area contributed by atoms with E-state index < -0.39 is 39.6 Å². The molecule has 0 bridgehead atoms. The van der Waals surface area contributed by atoms with Gasteiger partial charge in [0.2, 0.25) is 0 Å². The van der Waals surface area contributed by atoms with Gasteiger partial charge in [0.1, 0.15) is 17.4 Å². The molecule has 0 unspecified atom stereocenters. The molecule has 0 aliphatic rings. The lowest BCUT2D eigenvalue weighted by atomic mass is 10.1. The van der Waals surface area contributed by atoms with Crippen LogP contribution in [0.3, 0.4) is 0 Å². The molecule has 0 saturated heterocycles. The number of nitrogens with zero attached hydrogens (tertiary/aromatic N) is 3. The summed E-state index contributed by atoms with van der Waals surface area (Å²) in [5, 5.41) is 8.94. The molecule has 0 atom stereocenters. The van der Waals surface area contributed by atoms with Gasteiger partial charge in [-0.15, -0.1) is 0 Å². The van der Waals surface area contributed by atoms with Crippen LogP contribution < -0.4 is 13.4 Å². The van der Waals surface area contributed by atoms with Gasteiger partial charge in [-0.05, 0) is 42.0 Å². The molecule has 1 heterocycles.